The molecular formula is C14H28N2O. The number of hydrogen-bond donors (Lipinski definition) is 2. The van der Waals surface area contributed by atoms with Crippen LogP contribution in [0.5, 0.6) is 0 Å². The van der Waals surface area contributed by atoms with Crippen molar-refractivity contribution in [3.05, 3.63) is 0 Å². The van der Waals surface area contributed by atoms with Crippen LogP contribution in [-0.4, -0.2) is 19.0 Å². The van der Waals surface area contributed by atoms with Gasteiger partial charge in [-0.3, -0.25) is 4.79 Å². The second-order valence-corrected chi connectivity index (χ2v) is 5.34. The first kappa shape index (κ1) is 14.5. The quantitative estimate of drug-likeness (QED) is 0.684. The normalized spacial score (nSPS) is 18.2. The van der Waals surface area contributed by atoms with Gasteiger partial charge in [0, 0.05) is 13.0 Å². The molecule has 0 aromatic carbocycles. The minimum Gasteiger partial charge on any atom is -0.356 e. The minimum absolute atomic E-state index is 0.229. The molecule has 0 saturated heterocycles. The first-order valence-electron chi connectivity index (χ1n) is 7.23. The van der Waals surface area contributed by atoms with Crippen LogP contribution < -0.4 is 11.1 Å². The zero-order valence-corrected chi connectivity index (χ0v) is 11.2. The number of amides is 1. The lowest BCUT2D eigenvalue weighted by Crippen LogP contribution is -2.28. The van der Waals surface area contributed by atoms with Crippen LogP contribution >= 0.6 is 0 Å². The van der Waals surface area contributed by atoms with Gasteiger partial charge in [0.15, 0.2) is 0 Å². The third-order valence-corrected chi connectivity index (χ3v) is 3.99. The molecular weight excluding hydrogens is 212 g/mol. The predicted octanol–water partition coefficient (Wildman–Crippen LogP) is 2.45. The van der Waals surface area contributed by atoms with E-state index in [0.717, 1.165) is 38.3 Å². The fourth-order valence-electron chi connectivity index (χ4n) is 2.68. The highest BCUT2D eigenvalue weighted by Crippen LogP contribution is 2.23. The number of hydrogen-bond acceptors (Lipinski definition) is 2. The molecule has 1 fully saturated rings. The predicted molar refractivity (Wildman–Crippen MR) is 71.7 cm³/mol. The number of nitrogens with two attached hydrogens (primary N) is 1. The van der Waals surface area contributed by atoms with Crippen LogP contribution in [0.25, 0.3) is 0 Å². The maximum absolute atomic E-state index is 11.7. The zero-order chi connectivity index (χ0) is 12.5. The molecule has 0 heterocycles. The van der Waals surface area contributed by atoms with Gasteiger partial charge in [-0.15, -0.1) is 0 Å². The third-order valence-electron chi connectivity index (χ3n) is 3.99. The van der Waals surface area contributed by atoms with Crippen molar-refractivity contribution in [3.63, 3.8) is 0 Å². The summed E-state index contributed by atoms with van der Waals surface area (Å²) >= 11 is 0. The Morgan fingerprint density at radius 3 is 2.65 bits per heavy atom. The Kier molecular flexibility index (Phi) is 7.25. The minimum atomic E-state index is 0.229. The highest BCUT2D eigenvalue weighted by atomic mass is 16.1. The Hall–Kier alpha value is -0.570. The molecule has 3 nitrogen and oxygen atoms in total. The van der Waals surface area contributed by atoms with Crippen molar-refractivity contribution in [1.29, 1.82) is 0 Å². The topological polar surface area (TPSA) is 55.1 Å². The van der Waals surface area contributed by atoms with Crippen molar-refractivity contribution in [3.8, 4) is 0 Å². The summed E-state index contributed by atoms with van der Waals surface area (Å²) in [6.45, 7) is 3.81. The van der Waals surface area contributed by atoms with Gasteiger partial charge >= 0.3 is 0 Å². The highest BCUT2D eigenvalue weighted by Gasteiger charge is 2.16. The van der Waals surface area contributed by atoms with Gasteiger partial charge < -0.3 is 11.1 Å². The van der Waals surface area contributed by atoms with E-state index in [4.69, 9.17) is 5.73 Å². The summed E-state index contributed by atoms with van der Waals surface area (Å²) < 4.78 is 0. The molecule has 17 heavy (non-hydrogen) atoms. The first-order valence-corrected chi connectivity index (χ1v) is 7.23. The molecule has 3 N–H and O–H groups in total. The first-order chi connectivity index (χ1) is 8.26. The summed E-state index contributed by atoms with van der Waals surface area (Å²) in [5.74, 6) is 1.59. The van der Waals surface area contributed by atoms with E-state index >= 15 is 0 Å². The van der Waals surface area contributed by atoms with Gasteiger partial charge in [0.05, 0.1) is 0 Å². The van der Waals surface area contributed by atoms with Crippen LogP contribution in [0.2, 0.25) is 0 Å². The molecule has 1 aliphatic rings. The molecule has 0 aromatic heterocycles. The van der Waals surface area contributed by atoms with Crippen molar-refractivity contribution in [1.82, 2.24) is 5.32 Å². The maximum atomic E-state index is 11.7. The molecule has 1 aliphatic carbocycles. The fraction of sp³-hybridized carbons (Fsp3) is 0.929. The van der Waals surface area contributed by atoms with E-state index in [1.165, 1.54) is 25.7 Å². The van der Waals surface area contributed by atoms with Gasteiger partial charge in [-0.1, -0.05) is 26.2 Å². The zero-order valence-electron chi connectivity index (χ0n) is 11.2. The smallest absolute Gasteiger partial charge is 0.220 e. The number of carbonyl (C=O) groups is 1. The average Bonchev–Trinajstić information content (AvgIpc) is 2.85. The van der Waals surface area contributed by atoms with Gasteiger partial charge in [0.2, 0.25) is 5.91 Å². The van der Waals surface area contributed by atoms with Crippen LogP contribution in [-0.2, 0) is 4.79 Å². The van der Waals surface area contributed by atoms with Gasteiger partial charge in [-0.25, -0.2) is 0 Å². The van der Waals surface area contributed by atoms with E-state index in [9.17, 15) is 4.79 Å². The van der Waals surface area contributed by atoms with Crippen molar-refractivity contribution in [2.75, 3.05) is 13.1 Å². The van der Waals surface area contributed by atoms with E-state index in [1.54, 1.807) is 0 Å². The van der Waals surface area contributed by atoms with Gasteiger partial charge in [0.25, 0.3) is 0 Å². The summed E-state index contributed by atoms with van der Waals surface area (Å²) in [7, 11) is 0. The van der Waals surface area contributed by atoms with Crippen molar-refractivity contribution in [2.24, 2.45) is 17.6 Å². The monoisotopic (exact) mass is 240 g/mol. The Labute approximate surface area is 106 Å². The summed E-state index contributed by atoms with van der Waals surface area (Å²) in [5.41, 5.74) is 5.55. The molecule has 1 amide bonds. The number of nitrogens with one attached hydrogen (secondary N) is 1. The van der Waals surface area contributed by atoms with Gasteiger partial charge in [-0.2, -0.15) is 0 Å². The lowest BCUT2D eigenvalue weighted by Gasteiger charge is -2.14. The Balaban J connectivity index is 2.07. The Bertz CT molecular complexity index is 212. The van der Waals surface area contributed by atoms with E-state index in [1.807, 2.05) is 0 Å². The molecule has 100 valence electrons. The molecule has 1 unspecified atom stereocenters. The molecule has 1 atom stereocenters. The van der Waals surface area contributed by atoms with Crippen molar-refractivity contribution in [2.45, 2.75) is 58.3 Å². The highest BCUT2D eigenvalue weighted by molar-refractivity contribution is 5.75. The summed E-state index contributed by atoms with van der Waals surface area (Å²) in [5, 5.41) is 3.08. The molecule has 0 aromatic rings. The average molecular weight is 240 g/mol. The number of carbonyl (C=O) groups excluding carboxylic acids is 1. The summed E-state index contributed by atoms with van der Waals surface area (Å²) in [4.78, 5) is 11.7. The SMILES string of the molecule is CCC(CCN)CCC(=O)NCC1CCCC1. The van der Waals surface area contributed by atoms with E-state index in [2.05, 4.69) is 12.2 Å². The van der Waals surface area contributed by atoms with Crippen LogP contribution in [0.15, 0.2) is 0 Å². The Morgan fingerprint density at radius 1 is 1.35 bits per heavy atom. The molecule has 3 heteroatoms. The van der Waals surface area contributed by atoms with Gasteiger partial charge in [0.1, 0.15) is 0 Å². The lowest BCUT2D eigenvalue weighted by atomic mass is 9.96. The van der Waals surface area contributed by atoms with Crippen molar-refractivity contribution >= 4 is 5.91 Å². The molecule has 1 saturated carbocycles. The molecule has 0 spiro atoms. The standard InChI is InChI=1S/C14H28N2O/c1-2-12(9-10-15)7-8-14(17)16-11-13-5-3-4-6-13/h12-13H,2-11,15H2,1H3,(H,16,17). The summed E-state index contributed by atoms with van der Waals surface area (Å²) in [6, 6.07) is 0. The van der Waals surface area contributed by atoms with E-state index in [0.29, 0.717) is 12.3 Å². The van der Waals surface area contributed by atoms with Crippen LogP contribution in [0, 0.1) is 11.8 Å². The van der Waals surface area contributed by atoms with Crippen molar-refractivity contribution < 1.29 is 4.79 Å². The second kappa shape index (κ2) is 8.51. The Morgan fingerprint density at radius 2 is 2.06 bits per heavy atom. The van der Waals surface area contributed by atoms with E-state index < -0.39 is 0 Å². The van der Waals surface area contributed by atoms with Crippen LogP contribution in [0.4, 0.5) is 0 Å². The third kappa shape index (κ3) is 6.06. The number of rotatable bonds is 8. The van der Waals surface area contributed by atoms with Crippen LogP contribution in [0.3, 0.4) is 0 Å². The lowest BCUT2D eigenvalue weighted by molar-refractivity contribution is -0.121. The summed E-state index contributed by atoms with van der Waals surface area (Å²) in [6.07, 6.45) is 9.12. The van der Waals surface area contributed by atoms with E-state index in [-0.39, 0.29) is 5.91 Å². The molecule has 0 bridgehead atoms. The molecule has 1 rings (SSSR count). The fourth-order valence-corrected chi connectivity index (χ4v) is 2.68. The maximum Gasteiger partial charge on any atom is 0.220 e. The molecule has 0 radical (unpaired) electrons. The van der Waals surface area contributed by atoms with Gasteiger partial charge in [-0.05, 0) is 44.1 Å². The second-order valence-electron chi connectivity index (χ2n) is 5.34. The van der Waals surface area contributed by atoms with Crippen LogP contribution in [0.1, 0.15) is 58.3 Å². The largest absolute Gasteiger partial charge is 0.356 e. The molecule has 0 aliphatic heterocycles.